The number of ether oxygens (including phenoxy) is 2. The normalized spacial score (nSPS) is 26.1. The number of hydrogen-bond acceptors (Lipinski definition) is 17. The monoisotopic (exact) mass is 783 g/mol. The Kier molecular flexibility index (Phi) is 10.6. The molecule has 9 N–H and O–H groups in total. The summed E-state index contributed by atoms with van der Waals surface area (Å²) in [5.74, 6) is 0.433. The number of nitrogens with one attached hydrogen (secondary N) is 1. The highest BCUT2D eigenvalue weighted by molar-refractivity contribution is 7.74. The van der Waals surface area contributed by atoms with E-state index in [-0.39, 0.29) is 23.7 Å². The average Bonchev–Trinajstić information content (AvgIpc) is 3.80. The summed E-state index contributed by atoms with van der Waals surface area (Å²) in [6, 6.07) is -0.254. The second kappa shape index (κ2) is 14.3. The molecule has 28 heteroatoms. The van der Waals surface area contributed by atoms with Crippen LogP contribution in [0.25, 0.3) is 22.3 Å². The van der Waals surface area contributed by atoms with E-state index in [1.54, 1.807) is 21.8 Å². The Morgan fingerprint density at radius 3 is 1.76 bits per heavy atom. The lowest BCUT2D eigenvalue weighted by Gasteiger charge is -2.22. The number of nitrogens with zero attached hydrogens (tertiary/aromatic N) is 8. The molecule has 4 aromatic rings. The summed E-state index contributed by atoms with van der Waals surface area (Å²) in [6.07, 6.45) is 6.54. The number of nitrogen functional groups attached to an aromatic ring is 2. The van der Waals surface area contributed by atoms with Gasteiger partial charge in [-0.1, -0.05) is 0 Å². The van der Waals surface area contributed by atoms with Gasteiger partial charge in [-0.05, 0) is 38.5 Å². The lowest BCUT2D eigenvalue weighted by Crippen LogP contribution is -2.15. The molecule has 2 aliphatic rings. The average molecular weight is 783 g/mol. The molecule has 2 fully saturated rings. The first-order valence-corrected chi connectivity index (χ1v) is 21.2. The maximum atomic E-state index is 12.5. The Morgan fingerprint density at radius 1 is 0.720 bits per heavy atom. The summed E-state index contributed by atoms with van der Waals surface area (Å²) in [7, 11) is -21.7. The summed E-state index contributed by atoms with van der Waals surface area (Å²) < 4.78 is 77.2. The highest BCUT2D eigenvalue weighted by Gasteiger charge is 2.44. The van der Waals surface area contributed by atoms with Crippen LogP contribution in [-0.4, -0.2) is 84.0 Å². The van der Waals surface area contributed by atoms with E-state index in [9.17, 15) is 37.8 Å². The van der Waals surface area contributed by atoms with Crippen LogP contribution in [0.2, 0.25) is 0 Å². The molecule has 8 unspecified atom stereocenters. The summed E-state index contributed by atoms with van der Waals surface area (Å²) in [5, 5.41) is 0. The number of aromatic nitrogens is 8. The lowest BCUT2D eigenvalue weighted by molar-refractivity contribution is -0.0442. The molecule has 0 radical (unpaired) electrons. The van der Waals surface area contributed by atoms with Gasteiger partial charge in [0, 0.05) is 12.1 Å². The Balaban J connectivity index is 0.938. The van der Waals surface area contributed by atoms with Gasteiger partial charge in [0.15, 0.2) is 29.7 Å². The van der Waals surface area contributed by atoms with E-state index in [1.165, 1.54) is 12.7 Å². The van der Waals surface area contributed by atoms with Crippen LogP contribution in [0.4, 0.5) is 11.6 Å². The van der Waals surface area contributed by atoms with Crippen molar-refractivity contribution in [1.29, 1.82) is 0 Å². The molecule has 24 nitrogen and oxygen atoms in total. The second-order valence-electron chi connectivity index (χ2n) is 11.5. The van der Waals surface area contributed by atoms with Gasteiger partial charge in [0.05, 0.1) is 24.9 Å². The van der Waals surface area contributed by atoms with Crippen LogP contribution in [0.15, 0.2) is 25.3 Å². The van der Waals surface area contributed by atoms with Gasteiger partial charge in [0.2, 0.25) is 0 Å². The lowest BCUT2D eigenvalue weighted by atomic mass is 10.2. The van der Waals surface area contributed by atoms with Crippen LogP contribution in [0.1, 0.15) is 50.6 Å². The molecule has 4 heterocycles. The standard InChI is InChI=1S/C22H33N11O13P4/c23-19-17-21(27-7-25-19)32(9-29-17)13-1-3-15(5-13)42-11-44-50(40,41)46-49(38,39)31-48(36,37)45-47(34,35)12-43-16-4-2-14(6-16)33-10-30-18-20(24)26-8-28-22(18)33/h7-10,13-16H,1-6,11-12H2,(H,34,35)(H,40,41)(H2,23,25,27)(H2,24,26,28)(H3,31,36,37,38,39). The highest BCUT2D eigenvalue weighted by Crippen LogP contribution is 2.66. The van der Waals surface area contributed by atoms with Gasteiger partial charge in [0.1, 0.15) is 30.0 Å². The first-order chi connectivity index (χ1) is 23.5. The van der Waals surface area contributed by atoms with Crippen molar-refractivity contribution in [1.82, 2.24) is 43.9 Å². The highest BCUT2D eigenvalue weighted by atomic mass is 31.3. The molecular weight excluding hydrogens is 750 g/mol. The number of anilines is 2. The third-order valence-electron chi connectivity index (χ3n) is 7.97. The van der Waals surface area contributed by atoms with Gasteiger partial charge in [-0.25, -0.2) is 47.9 Å². The SMILES string of the molecule is Nc1ncnc2c1ncn2C1CCC(OCOP(=O)(O)OP(=O)(O)NP(=O)(O)OP(=O)(O)COC2CCC(n3cnc4c(N)ncnc43)C2)C1. The van der Waals surface area contributed by atoms with Crippen LogP contribution in [0.5, 0.6) is 0 Å². The van der Waals surface area contributed by atoms with E-state index in [0.29, 0.717) is 60.9 Å². The zero-order valence-electron chi connectivity index (χ0n) is 25.8. The maximum Gasteiger partial charge on any atom is 0.482 e. The molecule has 0 amide bonds. The Bertz CT molecular complexity index is 2070. The van der Waals surface area contributed by atoms with E-state index in [1.807, 2.05) is 0 Å². The molecule has 0 aromatic carbocycles. The molecule has 0 bridgehead atoms. The zero-order chi connectivity index (χ0) is 35.9. The molecule has 4 aromatic heterocycles. The Hall–Kier alpha value is -2.78. The van der Waals surface area contributed by atoms with Crippen LogP contribution in [0, 0.1) is 0 Å². The van der Waals surface area contributed by atoms with Crippen molar-refractivity contribution in [3.8, 4) is 0 Å². The Labute approximate surface area is 281 Å². The molecule has 8 atom stereocenters. The van der Waals surface area contributed by atoms with Crippen LogP contribution >= 0.6 is 30.9 Å². The van der Waals surface area contributed by atoms with Gasteiger partial charge in [-0.3, -0.25) is 9.09 Å². The first kappa shape index (κ1) is 37.0. The van der Waals surface area contributed by atoms with E-state index in [2.05, 4.69) is 43.0 Å². The smallest absolute Gasteiger partial charge is 0.382 e. The van der Waals surface area contributed by atoms with Crippen molar-refractivity contribution < 1.29 is 60.5 Å². The minimum atomic E-state index is -5.67. The molecule has 0 saturated heterocycles. The summed E-state index contributed by atoms with van der Waals surface area (Å²) in [6.45, 7) is -0.859. The van der Waals surface area contributed by atoms with E-state index in [0.717, 1.165) is 4.86 Å². The Morgan fingerprint density at radius 2 is 1.22 bits per heavy atom. The number of imidazole rings is 2. The minimum absolute atomic E-state index is 0.0982. The number of phosphoric ester groups is 1. The number of fused-ring (bicyclic) bond motifs is 2. The summed E-state index contributed by atoms with van der Waals surface area (Å²) >= 11 is 0. The van der Waals surface area contributed by atoms with Gasteiger partial charge in [0.25, 0.3) is 0 Å². The van der Waals surface area contributed by atoms with Gasteiger partial charge < -0.3 is 49.6 Å². The summed E-state index contributed by atoms with van der Waals surface area (Å²) in [5.41, 5.74) is 13.5. The molecule has 0 aliphatic heterocycles. The van der Waals surface area contributed by atoms with Crippen molar-refractivity contribution in [2.75, 3.05) is 24.6 Å². The number of hydrogen-bond donors (Lipinski definition) is 7. The number of rotatable bonds is 15. The first-order valence-electron chi connectivity index (χ1n) is 14.8. The zero-order valence-corrected chi connectivity index (χ0v) is 29.3. The number of nitrogens with two attached hydrogens (primary N) is 2. The predicted molar refractivity (Wildman–Crippen MR) is 170 cm³/mol. The second-order valence-corrected chi connectivity index (χ2v) is 18.4. The van der Waals surface area contributed by atoms with Crippen molar-refractivity contribution in [2.45, 2.75) is 62.8 Å². The van der Waals surface area contributed by atoms with Gasteiger partial charge in [-0.15, -0.1) is 4.86 Å². The van der Waals surface area contributed by atoms with Crippen molar-refractivity contribution in [3.05, 3.63) is 25.3 Å². The fraction of sp³-hybridized carbons (Fsp3) is 0.545. The van der Waals surface area contributed by atoms with Gasteiger partial charge >= 0.3 is 30.9 Å². The maximum absolute atomic E-state index is 12.5. The fourth-order valence-corrected chi connectivity index (χ4v) is 11.6. The van der Waals surface area contributed by atoms with Crippen molar-refractivity contribution in [2.24, 2.45) is 0 Å². The largest absolute Gasteiger partial charge is 0.482 e. The van der Waals surface area contributed by atoms with Crippen LogP contribution in [-0.2, 0) is 40.9 Å². The summed E-state index contributed by atoms with van der Waals surface area (Å²) in [4.78, 5) is 65.7. The molecule has 50 heavy (non-hydrogen) atoms. The molecular formula is C22H33N11O13P4. The van der Waals surface area contributed by atoms with E-state index >= 15 is 0 Å². The molecule has 0 spiro atoms. The van der Waals surface area contributed by atoms with E-state index < -0.39 is 56.3 Å². The van der Waals surface area contributed by atoms with Crippen molar-refractivity contribution in [3.63, 3.8) is 0 Å². The molecule has 2 aliphatic carbocycles. The fourth-order valence-electron chi connectivity index (χ4n) is 5.87. The van der Waals surface area contributed by atoms with Crippen LogP contribution in [0.3, 0.4) is 0 Å². The van der Waals surface area contributed by atoms with Gasteiger partial charge in [-0.2, -0.15) is 4.31 Å². The quantitative estimate of drug-likeness (QED) is 0.0670. The minimum Gasteiger partial charge on any atom is -0.382 e. The van der Waals surface area contributed by atoms with Crippen LogP contribution < -0.4 is 16.3 Å². The van der Waals surface area contributed by atoms with Crippen molar-refractivity contribution >= 4 is 64.9 Å². The number of phosphoric acid groups is 1. The third kappa shape index (κ3) is 8.80. The predicted octanol–water partition coefficient (Wildman–Crippen LogP) is 2.09. The molecule has 6 rings (SSSR count). The molecule has 2 saturated carbocycles. The third-order valence-corrected chi connectivity index (χ3v) is 14.5. The topological polar surface area (TPSA) is 347 Å². The molecule has 274 valence electrons. The van der Waals surface area contributed by atoms with E-state index in [4.69, 9.17) is 20.9 Å².